The van der Waals surface area contributed by atoms with Crippen molar-refractivity contribution in [3.05, 3.63) is 34.1 Å². The molecule has 1 aromatic rings. The Balaban J connectivity index is 1.75. The van der Waals surface area contributed by atoms with Crippen LogP contribution in [-0.2, 0) is 11.3 Å². The number of likely N-dealkylation sites (tertiary alicyclic amines) is 1. The summed E-state index contributed by atoms with van der Waals surface area (Å²) < 4.78 is 14.0. The van der Waals surface area contributed by atoms with Crippen molar-refractivity contribution in [3.8, 4) is 0 Å². The molecule has 1 amide bonds. The molecule has 2 fully saturated rings. The van der Waals surface area contributed by atoms with Crippen molar-refractivity contribution in [2.45, 2.75) is 25.8 Å². The molecular weight excluding hydrogens is 323 g/mol. The second-order valence-corrected chi connectivity index (χ2v) is 6.68. The van der Waals surface area contributed by atoms with Gasteiger partial charge in [-0.2, -0.15) is 0 Å². The number of benzene rings is 1. The number of carbonyl (C=O) groups excluding carboxylic acids is 1. The molecule has 0 atom stereocenters. The molecule has 108 valence electrons. The van der Waals surface area contributed by atoms with E-state index < -0.39 is 0 Å². The van der Waals surface area contributed by atoms with Gasteiger partial charge in [-0.3, -0.25) is 4.79 Å². The van der Waals surface area contributed by atoms with Crippen LogP contribution in [0.4, 0.5) is 4.39 Å². The lowest BCUT2D eigenvalue weighted by Gasteiger charge is -2.33. The largest absolute Gasteiger partial charge is 0.338 e. The Morgan fingerprint density at radius 1 is 1.35 bits per heavy atom. The summed E-state index contributed by atoms with van der Waals surface area (Å²) in [4.78, 5) is 14.1. The van der Waals surface area contributed by atoms with Gasteiger partial charge in [-0.25, -0.2) is 4.39 Å². The van der Waals surface area contributed by atoms with Crippen LogP contribution < -0.4 is 5.32 Å². The number of rotatable bonds is 2. The lowest BCUT2D eigenvalue weighted by atomic mass is 9.78. The van der Waals surface area contributed by atoms with Crippen molar-refractivity contribution in [2.24, 2.45) is 5.41 Å². The molecule has 0 unspecified atom stereocenters. The second-order valence-electron chi connectivity index (χ2n) is 5.89. The van der Waals surface area contributed by atoms with E-state index in [-0.39, 0.29) is 17.1 Å². The maximum Gasteiger partial charge on any atom is 0.223 e. The minimum absolute atomic E-state index is 0.141. The van der Waals surface area contributed by atoms with Gasteiger partial charge in [0.05, 0.1) is 4.47 Å². The van der Waals surface area contributed by atoms with Gasteiger partial charge in [-0.15, -0.1) is 0 Å². The van der Waals surface area contributed by atoms with Crippen LogP contribution in [0, 0.1) is 11.2 Å². The smallest absolute Gasteiger partial charge is 0.223 e. The van der Waals surface area contributed by atoms with E-state index in [1.807, 2.05) is 11.0 Å². The fourth-order valence-electron chi connectivity index (χ4n) is 3.29. The zero-order chi connectivity index (χ0) is 14.2. The molecule has 0 saturated carbocycles. The van der Waals surface area contributed by atoms with Gasteiger partial charge < -0.3 is 10.2 Å². The molecule has 3 nitrogen and oxygen atoms in total. The first kappa shape index (κ1) is 14.0. The SMILES string of the molecule is O=C1CC2(CCNCC2)CN1Cc1cccc(F)c1Br. The summed E-state index contributed by atoms with van der Waals surface area (Å²) in [6, 6.07) is 4.98. The molecule has 0 aliphatic carbocycles. The first-order valence-corrected chi connectivity index (χ1v) is 7.80. The summed E-state index contributed by atoms with van der Waals surface area (Å²) in [5, 5.41) is 3.34. The molecule has 1 aromatic carbocycles. The molecule has 5 heteroatoms. The Bertz CT molecular complexity index is 529. The number of hydrogen-bond donors (Lipinski definition) is 1. The number of piperidine rings is 1. The summed E-state index contributed by atoms with van der Waals surface area (Å²) in [6.45, 7) is 3.28. The van der Waals surface area contributed by atoms with Crippen molar-refractivity contribution >= 4 is 21.8 Å². The van der Waals surface area contributed by atoms with Gasteiger partial charge in [-0.05, 0) is 58.9 Å². The quantitative estimate of drug-likeness (QED) is 0.897. The van der Waals surface area contributed by atoms with Gasteiger partial charge in [0.2, 0.25) is 5.91 Å². The summed E-state index contributed by atoms with van der Waals surface area (Å²) >= 11 is 3.27. The Labute approximate surface area is 126 Å². The normalized spacial score (nSPS) is 21.7. The Morgan fingerprint density at radius 2 is 2.10 bits per heavy atom. The van der Waals surface area contributed by atoms with Gasteiger partial charge in [0.1, 0.15) is 5.82 Å². The fourth-order valence-corrected chi connectivity index (χ4v) is 3.68. The zero-order valence-electron chi connectivity index (χ0n) is 11.3. The molecule has 1 N–H and O–H groups in total. The van der Waals surface area contributed by atoms with E-state index in [4.69, 9.17) is 0 Å². The highest BCUT2D eigenvalue weighted by atomic mass is 79.9. The minimum Gasteiger partial charge on any atom is -0.338 e. The van der Waals surface area contributed by atoms with Crippen molar-refractivity contribution in [1.29, 1.82) is 0 Å². The van der Waals surface area contributed by atoms with E-state index in [9.17, 15) is 9.18 Å². The molecule has 2 aliphatic heterocycles. The van der Waals surface area contributed by atoms with Crippen LogP contribution in [0.15, 0.2) is 22.7 Å². The van der Waals surface area contributed by atoms with E-state index in [1.165, 1.54) is 6.07 Å². The van der Waals surface area contributed by atoms with E-state index in [0.717, 1.165) is 38.0 Å². The molecule has 0 bridgehead atoms. The maximum absolute atomic E-state index is 13.5. The number of halogens is 2. The lowest BCUT2D eigenvalue weighted by molar-refractivity contribution is -0.128. The second kappa shape index (κ2) is 5.45. The van der Waals surface area contributed by atoms with Crippen LogP contribution in [0.5, 0.6) is 0 Å². The third-order valence-electron chi connectivity index (χ3n) is 4.46. The zero-order valence-corrected chi connectivity index (χ0v) is 12.9. The third-order valence-corrected chi connectivity index (χ3v) is 5.35. The Morgan fingerprint density at radius 3 is 2.85 bits per heavy atom. The topological polar surface area (TPSA) is 32.3 Å². The van der Waals surface area contributed by atoms with E-state index >= 15 is 0 Å². The maximum atomic E-state index is 13.5. The summed E-state index contributed by atoms with van der Waals surface area (Å²) in [7, 11) is 0. The van der Waals surface area contributed by atoms with Crippen LogP contribution in [0.2, 0.25) is 0 Å². The lowest BCUT2D eigenvalue weighted by Crippen LogP contribution is -2.38. The number of nitrogens with zero attached hydrogens (tertiary/aromatic N) is 1. The molecule has 0 aromatic heterocycles. The van der Waals surface area contributed by atoms with Crippen LogP contribution in [0.25, 0.3) is 0 Å². The van der Waals surface area contributed by atoms with E-state index in [0.29, 0.717) is 17.4 Å². The van der Waals surface area contributed by atoms with Crippen LogP contribution >= 0.6 is 15.9 Å². The molecule has 20 heavy (non-hydrogen) atoms. The molecule has 3 rings (SSSR count). The first-order chi connectivity index (χ1) is 9.60. The number of nitrogens with one attached hydrogen (secondary N) is 1. The highest BCUT2D eigenvalue weighted by Crippen LogP contribution is 2.40. The highest BCUT2D eigenvalue weighted by Gasteiger charge is 2.43. The van der Waals surface area contributed by atoms with E-state index in [2.05, 4.69) is 21.2 Å². The standard InChI is InChI=1S/C15H18BrFN2O/c16-14-11(2-1-3-12(14)17)9-19-10-15(8-13(19)20)4-6-18-7-5-15/h1-3,18H,4-10H2. The number of amides is 1. The molecule has 2 aliphatic rings. The Hall–Kier alpha value is -0.940. The average molecular weight is 341 g/mol. The molecule has 0 radical (unpaired) electrons. The summed E-state index contributed by atoms with van der Waals surface area (Å²) in [6.07, 6.45) is 2.75. The predicted molar refractivity (Wildman–Crippen MR) is 78.7 cm³/mol. The van der Waals surface area contributed by atoms with Crippen molar-refractivity contribution in [3.63, 3.8) is 0 Å². The summed E-state index contributed by atoms with van der Waals surface area (Å²) in [5.74, 6) is -0.0752. The number of carbonyl (C=O) groups is 1. The highest BCUT2D eigenvalue weighted by molar-refractivity contribution is 9.10. The molecule has 1 spiro atoms. The third kappa shape index (κ3) is 2.61. The van der Waals surface area contributed by atoms with E-state index in [1.54, 1.807) is 6.07 Å². The van der Waals surface area contributed by atoms with Gasteiger partial charge in [-0.1, -0.05) is 12.1 Å². The van der Waals surface area contributed by atoms with Crippen LogP contribution in [-0.4, -0.2) is 30.4 Å². The molecule has 2 heterocycles. The van der Waals surface area contributed by atoms with Crippen molar-refractivity contribution < 1.29 is 9.18 Å². The van der Waals surface area contributed by atoms with Crippen molar-refractivity contribution in [2.75, 3.05) is 19.6 Å². The van der Waals surface area contributed by atoms with Gasteiger partial charge in [0.25, 0.3) is 0 Å². The predicted octanol–water partition coefficient (Wildman–Crippen LogP) is 2.69. The molecule has 2 saturated heterocycles. The minimum atomic E-state index is -0.272. The summed E-state index contributed by atoms with van der Waals surface area (Å²) in [5.41, 5.74) is 0.978. The Kier molecular flexibility index (Phi) is 3.82. The van der Waals surface area contributed by atoms with Crippen molar-refractivity contribution in [1.82, 2.24) is 10.2 Å². The monoisotopic (exact) mass is 340 g/mol. The fraction of sp³-hybridized carbons (Fsp3) is 0.533. The van der Waals surface area contributed by atoms with Crippen LogP contribution in [0.1, 0.15) is 24.8 Å². The molecular formula is C15H18BrFN2O. The average Bonchev–Trinajstić information content (AvgIpc) is 2.72. The van der Waals surface area contributed by atoms with Crippen LogP contribution in [0.3, 0.4) is 0 Å². The van der Waals surface area contributed by atoms with Gasteiger partial charge in [0.15, 0.2) is 0 Å². The van der Waals surface area contributed by atoms with Gasteiger partial charge in [0, 0.05) is 19.5 Å². The van der Waals surface area contributed by atoms with Gasteiger partial charge >= 0.3 is 0 Å². The first-order valence-electron chi connectivity index (χ1n) is 7.01. The number of hydrogen-bond acceptors (Lipinski definition) is 2.